The number of aliphatic imine (C=N–C) groups is 1. The lowest BCUT2D eigenvalue weighted by molar-refractivity contribution is -0.133. The summed E-state index contributed by atoms with van der Waals surface area (Å²) >= 11 is 0. The lowest BCUT2D eigenvalue weighted by atomic mass is 10.1. The number of guanidine groups is 1. The first-order valence-corrected chi connectivity index (χ1v) is 9.87. The zero-order valence-corrected chi connectivity index (χ0v) is 17.4. The molecule has 0 aromatic heterocycles. The van der Waals surface area contributed by atoms with E-state index in [1.807, 2.05) is 24.8 Å². The number of hydrogen-bond donors (Lipinski definition) is 2. The molecule has 2 rings (SSSR count). The minimum Gasteiger partial charge on any atom is -0.355 e. The molecule has 6 nitrogen and oxygen atoms in total. The van der Waals surface area contributed by atoms with Crippen LogP contribution in [-0.4, -0.2) is 74.5 Å². The molecule has 1 aromatic carbocycles. The minimum atomic E-state index is 0.0556. The van der Waals surface area contributed by atoms with Crippen molar-refractivity contribution in [3.05, 3.63) is 35.9 Å². The van der Waals surface area contributed by atoms with Gasteiger partial charge in [0.25, 0.3) is 0 Å². The van der Waals surface area contributed by atoms with Crippen molar-refractivity contribution in [2.45, 2.75) is 38.8 Å². The molecule has 2 N–H and O–H groups in total. The van der Waals surface area contributed by atoms with Crippen LogP contribution >= 0.6 is 0 Å². The maximum absolute atomic E-state index is 12.2. The van der Waals surface area contributed by atoms with E-state index in [0.29, 0.717) is 6.04 Å². The molecule has 1 aliphatic rings. The van der Waals surface area contributed by atoms with Gasteiger partial charge in [0.05, 0.1) is 0 Å². The zero-order chi connectivity index (χ0) is 19.8. The van der Waals surface area contributed by atoms with E-state index in [0.717, 1.165) is 38.4 Å². The molecule has 0 radical (unpaired) electrons. The Hall–Kier alpha value is -2.08. The molecule has 0 bridgehead atoms. The third kappa shape index (κ3) is 6.54. The number of hydrogen-bond acceptors (Lipinski definition) is 3. The third-order valence-corrected chi connectivity index (χ3v) is 5.11. The molecule has 0 spiro atoms. The van der Waals surface area contributed by atoms with Gasteiger partial charge in [-0.3, -0.25) is 9.79 Å². The predicted octanol–water partition coefficient (Wildman–Crippen LogP) is 1.58. The summed E-state index contributed by atoms with van der Waals surface area (Å²) in [6.07, 6.45) is 1.94. The smallest absolute Gasteiger partial charge is 0.225 e. The van der Waals surface area contributed by atoms with Crippen molar-refractivity contribution in [3.8, 4) is 0 Å². The van der Waals surface area contributed by atoms with Crippen LogP contribution in [0, 0.1) is 5.92 Å². The van der Waals surface area contributed by atoms with Gasteiger partial charge in [0.2, 0.25) is 5.91 Å². The Bertz CT molecular complexity index is 614. The van der Waals surface area contributed by atoms with Gasteiger partial charge in [-0.15, -0.1) is 0 Å². The topological polar surface area (TPSA) is 60.0 Å². The molecule has 1 fully saturated rings. The number of rotatable bonds is 7. The Labute approximate surface area is 164 Å². The van der Waals surface area contributed by atoms with E-state index in [1.54, 1.807) is 7.05 Å². The second-order valence-corrected chi connectivity index (χ2v) is 7.83. The maximum Gasteiger partial charge on any atom is 0.225 e. The lowest BCUT2D eigenvalue weighted by Crippen LogP contribution is -2.49. The van der Waals surface area contributed by atoms with Crippen LogP contribution in [-0.2, 0) is 11.2 Å². The van der Waals surface area contributed by atoms with E-state index >= 15 is 0 Å². The first-order chi connectivity index (χ1) is 12.9. The number of amides is 1. The van der Waals surface area contributed by atoms with Gasteiger partial charge in [0.15, 0.2) is 5.96 Å². The van der Waals surface area contributed by atoms with Crippen LogP contribution in [0.25, 0.3) is 0 Å². The number of likely N-dealkylation sites (N-methyl/N-ethyl adjacent to an activating group) is 1. The highest BCUT2D eigenvalue weighted by atomic mass is 16.2. The molecule has 1 aromatic rings. The normalized spacial score (nSPS) is 18.9. The highest BCUT2D eigenvalue weighted by molar-refractivity contribution is 5.81. The van der Waals surface area contributed by atoms with Crippen LogP contribution in [0.3, 0.4) is 0 Å². The molecule has 150 valence electrons. The van der Waals surface area contributed by atoms with Crippen LogP contribution in [0.5, 0.6) is 0 Å². The lowest BCUT2D eigenvalue weighted by Gasteiger charge is -2.26. The highest BCUT2D eigenvalue weighted by Gasteiger charge is 2.28. The first-order valence-electron chi connectivity index (χ1n) is 9.87. The van der Waals surface area contributed by atoms with E-state index in [-0.39, 0.29) is 17.9 Å². The van der Waals surface area contributed by atoms with E-state index in [9.17, 15) is 4.79 Å². The monoisotopic (exact) mass is 373 g/mol. The number of carbonyl (C=O) groups is 1. The van der Waals surface area contributed by atoms with E-state index in [2.05, 4.69) is 58.9 Å². The Morgan fingerprint density at radius 3 is 2.59 bits per heavy atom. The van der Waals surface area contributed by atoms with E-state index < -0.39 is 0 Å². The van der Waals surface area contributed by atoms with E-state index in [1.165, 1.54) is 5.56 Å². The van der Waals surface area contributed by atoms with Crippen LogP contribution < -0.4 is 10.6 Å². The van der Waals surface area contributed by atoms with Crippen LogP contribution in [0.2, 0.25) is 0 Å². The summed E-state index contributed by atoms with van der Waals surface area (Å²) < 4.78 is 0. The van der Waals surface area contributed by atoms with Crippen LogP contribution in [0.1, 0.15) is 25.8 Å². The van der Waals surface area contributed by atoms with Crippen molar-refractivity contribution in [3.63, 3.8) is 0 Å². The second kappa shape index (κ2) is 10.3. The zero-order valence-electron chi connectivity index (χ0n) is 17.4. The summed E-state index contributed by atoms with van der Waals surface area (Å²) in [5.41, 5.74) is 1.33. The largest absolute Gasteiger partial charge is 0.355 e. The molecule has 2 atom stereocenters. The van der Waals surface area contributed by atoms with Gasteiger partial charge >= 0.3 is 0 Å². The Morgan fingerprint density at radius 1 is 1.30 bits per heavy atom. The fourth-order valence-corrected chi connectivity index (χ4v) is 3.37. The number of benzene rings is 1. The van der Waals surface area contributed by atoms with Gasteiger partial charge in [-0.25, -0.2) is 0 Å². The van der Waals surface area contributed by atoms with Crippen molar-refractivity contribution in [2.75, 3.05) is 40.8 Å². The third-order valence-electron chi connectivity index (χ3n) is 5.11. The molecular formula is C21H35N5O. The van der Waals surface area contributed by atoms with Gasteiger partial charge < -0.3 is 20.4 Å². The average molecular weight is 374 g/mol. The van der Waals surface area contributed by atoms with Crippen molar-refractivity contribution < 1.29 is 4.79 Å². The maximum atomic E-state index is 12.2. The summed E-state index contributed by atoms with van der Waals surface area (Å²) in [7, 11) is 6.01. The highest BCUT2D eigenvalue weighted by Crippen LogP contribution is 2.13. The quantitative estimate of drug-likeness (QED) is 0.563. The number of nitrogens with one attached hydrogen (secondary N) is 2. The van der Waals surface area contributed by atoms with Crippen molar-refractivity contribution in [2.24, 2.45) is 10.9 Å². The average Bonchev–Trinajstić information content (AvgIpc) is 3.12. The Morgan fingerprint density at radius 2 is 2.00 bits per heavy atom. The molecule has 1 aliphatic heterocycles. The fraction of sp³-hybridized carbons (Fsp3) is 0.619. The fourth-order valence-electron chi connectivity index (χ4n) is 3.37. The Balaban J connectivity index is 1.84. The van der Waals surface area contributed by atoms with Gasteiger partial charge in [0, 0.05) is 44.7 Å². The van der Waals surface area contributed by atoms with Crippen molar-refractivity contribution >= 4 is 11.9 Å². The van der Waals surface area contributed by atoms with Gasteiger partial charge in [-0.2, -0.15) is 0 Å². The molecule has 6 heteroatoms. The van der Waals surface area contributed by atoms with Gasteiger partial charge in [-0.05, 0) is 32.5 Å². The molecule has 1 amide bonds. The molecule has 0 saturated carbocycles. The number of carbonyl (C=O) groups excluding carboxylic acids is 1. The second-order valence-electron chi connectivity index (χ2n) is 7.83. The summed E-state index contributed by atoms with van der Waals surface area (Å²) in [5, 5.41) is 6.93. The molecule has 2 unspecified atom stereocenters. The van der Waals surface area contributed by atoms with Gasteiger partial charge in [0.1, 0.15) is 0 Å². The van der Waals surface area contributed by atoms with Crippen molar-refractivity contribution in [1.29, 1.82) is 0 Å². The first kappa shape index (κ1) is 21.2. The van der Waals surface area contributed by atoms with Crippen LogP contribution in [0.4, 0.5) is 0 Å². The summed E-state index contributed by atoms with van der Waals surface area (Å²) in [6.45, 7) is 6.29. The van der Waals surface area contributed by atoms with Crippen molar-refractivity contribution in [1.82, 2.24) is 20.4 Å². The van der Waals surface area contributed by atoms with E-state index in [4.69, 9.17) is 0 Å². The predicted molar refractivity (Wildman–Crippen MR) is 112 cm³/mol. The Kier molecular flexibility index (Phi) is 8.10. The van der Waals surface area contributed by atoms with Crippen LogP contribution in [0.15, 0.2) is 35.3 Å². The molecular weight excluding hydrogens is 338 g/mol. The molecule has 27 heavy (non-hydrogen) atoms. The molecule has 1 heterocycles. The SMILES string of the molecule is CN=C(NCC(Cc1ccccc1)N(C)C)NC1CCN(C(=O)C(C)C)C1. The summed E-state index contributed by atoms with van der Waals surface area (Å²) in [6, 6.07) is 11.2. The standard InChI is InChI=1S/C21H35N5O/c1-16(2)20(27)26-12-11-18(15-26)24-21(22-3)23-14-19(25(4)5)13-17-9-7-6-8-10-17/h6-10,16,18-19H,11-15H2,1-5H3,(H2,22,23,24). The summed E-state index contributed by atoms with van der Waals surface area (Å²) in [5.74, 6) is 1.09. The minimum absolute atomic E-state index is 0.0556. The molecule has 0 aliphatic carbocycles. The number of likely N-dealkylation sites (tertiary alicyclic amines) is 1. The summed E-state index contributed by atoms with van der Waals surface area (Å²) in [4.78, 5) is 20.7. The number of nitrogens with zero attached hydrogens (tertiary/aromatic N) is 3. The van der Waals surface area contributed by atoms with Gasteiger partial charge in [-0.1, -0.05) is 44.2 Å². The molecule has 1 saturated heterocycles.